The molecule has 0 unspecified atom stereocenters. The van der Waals surface area contributed by atoms with Crippen LogP contribution in [0.2, 0.25) is 0 Å². The third kappa shape index (κ3) is 4.08. The topological polar surface area (TPSA) is 70.6 Å². The number of nitrogens with zero attached hydrogens (tertiary/aromatic N) is 3. The average Bonchev–Trinajstić information content (AvgIpc) is 2.80. The molecule has 0 atom stereocenters. The Morgan fingerprint density at radius 2 is 1.84 bits per heavy atom. The van der Waals surface area contributed by atoms with E-state index in [1.807, 2.05) is 37.3 Å². The van der Waals surface area contributed by atoms with Crippen LogP contribution in [0.5, 0.6) is 0 Å². The van der Waals surface area contributed by atoms with E-state index in [1.165, 1.54) is 21.9 Å². The molecule has 1 aromatic carbocycles. The summed E-state index contributed by atoms with van der Waals surface area (Å²) in [6, 6.07) is 9.79. The van der Waals surface area contributed by atoms with Gasteiger partial charge in [-0.25, -0.2) is 17.7 Å². The zero-order valence-corrected chi connectivity index (χ0v) is 15.9. The highest BCUT2D eigenvalue weighted by Crippen LogP contribution is 2.29. The molecule has 25 heavy (non-hydrogen) atoms. The first-order chi connectivity index (χ1) is 11.9. The van der Waals surface area contributed by atoms with Gasteiger partial charge >= 0.3 is 0 Å². The molecule has 1 saturated heterocycles. The van der Waals surface area contributed by atoms with Crippen molar-refractivity contribution in [2.75, 3.05) is 32.4 Å². The molecule has 6 nitrogen and oxygen atoms in total. The quantitative estimate of drug-likeness (QED) is 0.820. The lowest BCUT2D eigenvalue weighted by atomic mass is 10.2. The van der Waals surface area contributed by atoms with Gasteiger partial charge in [-0.2, -0.15) is 0 Å². The molecule has 1 aliphatic heterocycles. The second-order valence-corrected chi connectivity index (χ2v) is 9.09. The maximum absolute atomic E-state index is 12.9. The summed E-state index contributed by atoms with van der Waals surface area (Å²) in [5.74, 6) is -0.0625. The second-order valence-electron chi connectivity index (χ2n) is 6.11. The summed E-state index contributed by atoms with van der Waals surface area (Å²) in [4.78, 5) is 19.8. The minimum atomic E-state index is -3.22. The lowest BCUT2D eigenvalue weighted by Gasteiger charge is -2.20. The predicted molar refractivity (Wildman–Crippen MR) is 99.2 cm³/mol. The van der Waals surface area contributed by atoms with Crippen LogP contribution in [0.3, 0.4) is 0 Å². The summed E-state index contributed by atoms with van der Waals surface area (Å²) < 4.78 is 24.9. The number of amides is 1. The Balaban J connectivity index is 1.78. The number of benzene rings is 1. The number of aryl methyl sites for hydroxylation is 1. The zero-order chi connectivity index (χ0) is 18.0. The number of aromatic nitrogens is 1. The van der Waals surface area contributed by atoms with Crippen LogP contribution < -0.4 is 0 Å². The van der Waals surface area contributed by atoms with Gasteiger partial charge in [0.2, 0.25) is 10.0 Å². The van der Waals surface area contributed by atoms with Gasteiger partial charge in [-0.05, 0) is 13.3 Å². The molecular formula is C17H21N3O3S2. The van der Waals surface area contributed by atoms with E-state index < -0.39 is 10.0 Å². The minimum absolute atomic E-state index is 0.0625. The van der Waals surface area contributed by atoms with Crippen LogP contribution in [0.1, 0.15) is 21.8 Å². The van der Waals surface area contributed by atoms with Crippen molar-refractivity contribution in [3.8, 4) is 10.6 Å². The van der Waals surface area contributed by atoms with Gasteiger partial charge in [0.15, 0.2) is 0 Å². The Bertz CT molecular complexity index is 863. The van der Waals surface area contributed by atoms with Crippen LogP contribution in [-0.4, -0.2) is 60.9 Å². The van der Waals surface area contributed by atoms with Crippen molar-refractivity contribution in [1.82, 2.24) is 14.2 Å². The van der Waals surface area contributed by atoms with Crippen LogP contribution >= 0.6 is 11.3 Å². The number of hydrogen-bond donors (Lipinski definition) is 0. The van der Waals surface area contributed by atoms with Crippen molar-refractivity contribution < 1.29 is 13.2 Å². The van der Waals surface area contributed by atoms with E-state index in [9.17, 15) is 13.2 Å². The van der Waals surface area contributed by atoms with Crippen LogP contribution in [-0.2, 0) is 10.0 Å². The standard InChI is InChI=1S/C17H21N3O3S2/c1-13-15(24-16(18-13)14-7-4-3-5-8-14)17(21)19-9-6-10-20(12-11-19)25(2,22)23/h3-5,7-8H,6,9-12H2,1-2H3. The number of hydrogen-bond acceptors (Lipinski definition) is 5. The third-order valence-corrected chi connectivity index (χ3v) is 6.72. The van der Waals surface area contributed by atoms with Gasteiger partial charge in [0.25, 0.3) is 5.91 Å². The zero-order valence-electron chi connectivity index (χ0n) is 14.3. The molecule has 1 fully saturated rings. The van der Waals surface area contributed by atoms with Crippen molar-refractivity contribution in [3.63, 3.8) is 0 Å². The SMILES string of the molecule is Cc1nc(-c2ccccc2)sc1C(=O)N1CCCN(S(C)(=O)=O)CC1. The van der Waals surface area contributed by atoms with Crippen molar-refractivity contribution in [1.29, 1.82) is 0 Å². The van der Waals surface area contributed by atoms with Gasteiger partial charge < -0.3 is 4.90 Å². The first kappa shape index (κ1) is 18.0. The van der Waals surface area contributed by atoms with Crippen LogP contribution in [0.4, 0.5) is 0 Å². The Morgan fingerprint density at radius 3 is 2.52 bits per heavy atom. The van der Waals surface area contributed by atoms with Crippen molar-refractivity contribution in [2.24, 2.45) is 0 Å². The molecule has 8 heteroatoms. The van der Waals surface area contributed by atoms with Crippen LogP contribution in [0.25, 0.3) is 10.6 Å². The highest BCUT2D eigenvalue weighted by Gasteiger charge is 2.26. The third-order valence-electron chi connectivity index (χ3n) is 4.22. The largest absolute Gasteiger partial charge is 0.337 e. The molecule has 134 valence electrons. The maximum Gasteiger partial charge on any atom is 0.265 e. The smallest absolute Gasteiger partial charge is 0.265 e. The maximum atomic E-state index is 12.9. The molecule has 2 aromatic rings. The molecule has 2 heterocycles. The number of carbonyl (C=O) groups excluding carboxylic acids is 1. The Labute approximate surface area is 152 Å². The molecule has 0 bridgehead atoms. The number of carbonyl (C=O) groups is 1. The monoisotopic (exact) mass is 379 g/mol. The summed E-state index contributed by atoms with van der Waals surface area (Å²) in [7, 11) is -3.22. The number of sulfonamides is 1. The van der Waals surface area contributed by atoms with Gasteiger partial charge in [-0.1, -0.05) is 30.3 Å². The summed E-state index contributed by atoms with van der Waals surface area (Å²) in [5.41, 5.74) is 1.71. The fourth-order valence-corrected chi connectivity index (χ4v) is 4.78. The van der Waals surface area contributed by atoms with E-state index in [2.05, 4.69) is 4.98 Å². The fourth-order valence-electron chi connectivity index (χ4n) is 2.87. The summed E-state index contributed by atoms with van der Waals surface area (Å²) >= 11 is 1.39. The normalized spacial score (nSPS) is 16.6. The average molecular weight is 380 g/mol. The minimum Gasteiger partial charge on any atom is -0.337 e. The van der Waals surface area contributed by atoms with E-state index in [1.54, 1.807) is 4.90 Å². The highest BCUT2D eigenvalue weighted by atomic mass is 32.2. The molecule has 3 rings (SSSR count). The first-order valence-corrected chi connectivity index (χ1v) is 10.8. The first-order valence-electron chi connectivity index (χ1n) is 8.13. The van der Waals surface area contributed by atoms with E-state index in [4.69, 9.17) is 0 Å². The summed E-state index contributed by atoms with van der Waals surface area (Å²) in [6.45, 7) is 3.61. The van der Waals surface area contributed by atoms with E-state index in [-0.39, 0.29) is 5.91 Å². The molecule has 0 spiro atoms. The van der Waals surface area contributed by atoms with E-state index in [0.717, 1.165) is 16.3 Å². The molecular weight excluding hydrogens is 358 g/mol. The van der Waals surface area contributed by atoms with Gasteiger partial charge in [-0.15, -0.1) is 11.3 Å². The van der Waals surface area contributed by atoms with E-state index in [0.29, 0.717) is 37.5 Å². The molecule has 1 amide bonds. The van der Waals surface area contributed by atoms with Gasteiger partial charge in [0, 0.05) is 31.7 Å². The fraction of sp³-hybridized carbons (Fsp3) is 0.412. The van der Waals surface area contributed by atoms with Gasteiger partial charge in [-0.3, -0.25) is 4.79 Å². The van der Waals surface area contributed by atoms with E-state index >= 15 is 0 Å². The second kappa shape index (κ2) is 7.23. The molecule has 1 aliphatic rings. The Hall–Kier alpha value is -1.77. The molecule has 0 radical (unpaired) electrons. The Kier molecular flexibility index (Phi) is 5.21. The van der Waals surface area contributed by atoms with Crippen LogP contribution in [0.15, 0.2) is 30.3 Å². The lowest BCUT2D eigenvalue weighted by molar-refractivity contribution is 0.0768. The molecule has 0 saturated carbocycles. The van der Waals surface area contributed by atoms with Crippen LogP contribution in [0, 0.1) is 6.92 Å². The van der Waals surface area contributed by atoms with Crippen molar-refractivity contribution in [2.45, 2.75) is 13.3 Å². The van der Waals surface area contributed by atoms with Gasteiger partial charge in [0.1, 0.15) is 9.88 Å². The van der Waals surface area contributed by atoms with Crippen molar-refractivity contribution in [3.05, 3.63) is 40.9 Å². The lowest BCUT2D eigenvalue weighted by Crippen LogP contribution is -2.36. The summed E-state index contributed by atoms with van der Waals surface area (Å²) in [6.07, 6.45) is 1.85. The predicted octanol–water partition coefficient (Wildman–Crippen LogP) is 2.23. The number of rotatable bonds is 3. The molecule has 0 aliphatic carbocycles. The molecule has 0 N–H and O–H groups in total. The van der Waals surface area contributed by atoms with Crippen molar-refractivity contribution >= 4 is 27.3 Å². The highest BCUT2D eigenvalue weighted by molar-refractivity contribution is 7.88. The summed E-state index contributed by atoms with van der Waals surface area (Å²) in [5, 5.41) is 0.828. The molecule has 1 aromatic heterocycles. The van der Waals surface area contributed by atoms with Gasteiger partial charge in [0.05, 0.1) is 11.9 Å². The Morgan fingerprint density at radius 1 is 1.12 bits per heavy atom. The number of thiazole rings is 1.